The number of hydrogen-bond donors (Lipinski definition) is 1. The Morgan fingerprint density at radius 3 is 2.57 bits per heavy atom. The number of rotatable bonds is 5. The highest BCUT2D eigenvalue weighted by Crippen LogP contribution is 2.23. The van der Waals surface area contributed by atoms with E-state index in [1.54, 1.807) is 6.08 Å². The Morgan fingerprint density at radius 2 is 2.04 bits per heavy atom. The van der Waals surface area contributed by atoms with Gasteiger partial charge in [0.15, 0.2) is 4.34 Å². The van der Waals surface area contributed by atoms with E-state index in [9.17, 15) is 10.1 Å². The Morgan fingerprint density at radius 1 is 1.35 bits per heavy atom. The van der Waals surface area contributed by atoms with Crippen LogP contribution >= 0.6 is 23.1 Å². The van der Waals surface area contributed by atoms with E-state index in [0.29, 0.717) is 11.0 Å². The van der Waals surface area contributed by atoms with E-state index in [2.05, 4.69) is 29.4 Å². The van der Waals surface area contributed by atoms with Crippen molar-refractivity contribution in [3.63, 3.8) is 0 Å². The first-order chi connectivity index (χ1) is 11.0. The summed E-state index contributed by atoms with van der Waals surface area (Å²) < 4.78 is 0.757. The monoisotopic (exact) mass is 344 g/mol. The van der Waals surface area contributed by atoms with Crippen LogP contribution in [0.5, 0.6) is 0 Å². The van der Waals surface area contributed by atoms with Crippen molar-refractivity contribution in [3.8, 4) is 6.07 Å². The van der Waals surface area contributed by atoms with Gasteiger partial charge in [-0.3, -0.25) is 10.1 Å². The lowest BCUT2D eigenvalue weighted by molar-refractivity contribution is -0.112. The number of nitrogens with one attached hydrogen (secondary N) is 1. The molecule has 1 N–H and O–H groups in total. The quantitative estimate of drug-likeness (QED) is 0.385. The average Bonchev–Trinajstić information content (AvgIpc) is 3.00. The predicted octanol–water partition coefficient (Wildman–Crippen LogP) is 3.93. The largest absolute Gasteiger partial charge is 0.296 e. The minimum Gasteiger partial charge on any atom is -0.296 e. The lowest BCUT2D eigenvalue weighted by atomic mass is 10.0. The van der Waals surface area contributed by atoms with Crippen molar-refractivity contribution in [2.45, 2.75) is 24.1 Å². The number of thioether (sulfide) groups is 1. The number of aromatic nitrogens is 2. The third-order valence-electron chi connectivity index (χ3n) is 3.08. The molecule has 0 aliphatic heterocycles. The molecule has 0 saturated carbocycles. The lowest BCUT2D eigenvalue weighted by Gasteiger charge is -2.05. The molecule has 23 heavy (non-hydrogen) atoms. The summed E-state index contributed by atoms with van der Waals surface area (Å²) in [7, 11) is 0. The van der Waals surface area contributed by atoms with E-state index in [4.69, 9.17) is 0 Å². The smallest absolute Gasteiger partial charge is 0.268 e. The molecule has 0 aliphatic rings. The highest BCUT2D eigenvalue weighted by atomic mass is 32.2. The van der Waals surface area contributed by atoms with E-state index in [1.165, 1.54) is 28.7 Å². The van der Waals surface area contributed by atoms with Gasteiger partial charge < -0.3 is 0 Å². The summed E-state index contributed by atoms with van der Waals surface area (Å²) in [4.78, 5) is 12.2. The van der Waals surface area contributed by atoms with Crippen LogP contribution in [0.15, 0.2) is 34.2 Å². The zero-order valence-corrected chi connectivity index (χ0v) is 14.7. The van der Waals surface area contributed by atoms with Gasteiger partial charge in [0.1, 0.15) is 11.6 Å². The predicted molar refractivity (Wildman–Crippen MR) is 94.4 cm³/mol. The third-order valence-corrected chi connectivity index (χ3v) is 4.89. The number of nitrogens with zero attached hydrogens (tertiary/aromatic N) is 3. The van der Waals surface area contributed by atoms with Crippen LogP contribution in [0, 0.1) is 11.3 Å². The molecule has 1 aromatic heterocycles. The van der Waals surface area contributed by atoms with Crippen molar-refractivity contribution in [2.24, 2.45) is 0 Å². The van der Waals surface area contributed by atoms with Crippen molar-refractivity contribution in [1.82, 2.24) is 10.2 Å². The second-order valence-corrected chi connectivity index (χ2v) is 7.05. The molecular weight excluding hydrogens is 328 g/mol. The van der Waals surface area contributed by atoms with E-state index in [1.807, 2.05) is 36.6 Å². The summed E-state index contributed by atoms with van der Waals surface area (Å²) in [5.74, 6) is -0.0426. The summed E-state index contributed by atoms with van der Waals surface area (Å²) in [5.41, 5.74) is 2.05. The molecule has 0 saturated heterocycles. The summed E-state index contributed by atoms with van der Waals surface area (Å²) in [5, 5.41) is 20.0. The van der Waals surface area contributed by atoms with Gasteiger partial charge in [-0.2, -0.15) is 5.26 Å². The molecule has 1 aromatic carbocycles. The molecule has 1 amide bonds. The van der Waals surface area contributed by atoms with Gasteiger partial charge in [0, 0.05) is 0 Å². The third kappa shape index (κ3) is 4.65. The summed E-state index contributed by atoms with van der Waals surface area (Å²) in [6, 6.07) is 9.73. The van der Waals surface area contributed by atoms with Crippen LogP contribution in [0.1, 0.15) is 30.9 Å². The maximum absolute atomic E-state index is 12.2. The zero-order valence-electron chi connectivity index (χ0n) is 13.0. The van der Waals surface area contributed by atoms with Crippen LogP contribution < -0.4 is 5.32 Å². The van der Waals surface area contributed by atoms with Crippen molar-refractivity contribution in [2.75, 3.05) is 11.6 Å². The van der Waals surface area contributed by atoms with Crippen molar-refractivity contribution >= 4 is 40.2 Å². The number of carbonyl (C=O) groups is 1. The second kappa shape index (κ2) is 7.90. The van der Waals surface area contributed by atoms with Gasteiger partial charge in [-0.1, -0.05) is 61.2 Å². The van der Waals surface area contributed by atoms with Crippen LogP contribution in [0.2, 0.25) is 0 Å². The van der Waals surface area contributed by atoms with Crippen molar-refractivity contribution in [1.29, 1.82) is 5.26 Å². The van der Waals surface area contributed by atoms with Crippen LogP contribution in [0.4, 0.5) is 5.13 Å². The Hall–Kier alpha value is -2.17. The molecule has 118 valence electrons. The zero-order chi connectivity index (χ0) is 16.8. The van der Waals surface area contributed by atoms with Gasteiger partial charge in [0.2, 0.25) is 5.13 Å². The fourth-order valence-corrected chi connectivity index (χ4v) is 2.96. The van der Waals surface area contributed by atoms with Crippen LogP contribution in [0.25, 0.3) is 6.08 Å². The highest BCUT2D eigenvalue weighted by Gasteiger charge is 2.12. The first-order valence-corrected chi connectivity index (χ1v) is 8.98. The first-order valence-electron chi connectivity index (χ1n) is 6.94. The van der Waals surface area contributed by atoms with Gasteiger partial charge in [-0.05, 0) is 29.4 Å². The molecule has 0 aliphatic carbocycles. The molecule has 2 rings (SSSR count). The SMILES string of the molecule is CSc1nnc(NC(=O)/C(C#N)=C/c2ccc(C(C)C)cc2)s1. The summed E-state index contributed by atoms with van der Waals surface area (Å²) in [6.45, 7) is 4.23. The molecule has 7 heteroatoms. The molecule has 0 unspecified atom stereocenters. The molecule has 0 bridgehead atoms. The van der Waals surface area contributed by atoms with Crippen LogP contribution in [-0.4, -0.2) is 22.4 Å². The lowest BCUT2D eigenvalue weighted by Crippen LogP contribution is -2.13. The topological polar surface area (TPSA) is 78.7 Å². The minimum atomic E-state index is -0.482. The number of anilines is 1. The Kier molecular flexibility index (Phi) is 5.90. The molecule has 2 aromatic rings. The summed E-state index contributed by atoms with van der Waals surface area (Å²) >= 11 is 2.72. The fourth-order valence-electron chi connectivity index (χ4n) is 1.80. The van der Waals surface area contributed by atoms with Crippen molar-refractivity contribution in [3.05, 3.63) is 41.0 Å². The van der Waals surface area contributed by atoms with Crippen molar-refractivity contribution < 1.29 is 4.79 Å². The molecule has 0 spiro atoms. The maximum Gasteiger partial charge on any atom is 0.268 e. The first kappa shape index (κ1) is 17.2. The van der Waals surface area contributed by atoms with E-state index in [-0.39, 0.29) is 5.57 Å². The van der Waals surface area contributed by atoms with E-state index in [0.717, 1.165) is 9.90 Å². The molecule has 0 fully saturated rings. The van der Waals surface area contributed by atoms with Gasteiger partial charge in [0.25, 0.3) is 5.91 Å². The Balaban J connectivity index is 2.14. The number of hydrogen-bond acceptors (Lipinski definition) is 6. The number of benzene rings is 1. The molecule has 0 atom stereocenters. The molecule has 5 nitrogen and oxygen atoms in total. The standard InChI is InChI=1S/C16H16N4OS2/c1-10(2)12-6-4-11(5-7-12)8-13(9-17)14(21)18-15-19-20-16(22-3)23-15/h4-8,10H,1-3H3,(H,18,19,21)/b13-8+. The molecular formula is C16H16N4OS2. The van der Waals surface area contributed by atoms with E-state index >= 15 is 0 Å². The Labute approximate surface area is 143 Å². The fraction of sp³-hybridized carbons (Fsp3) is 0.250. The summed E-state index contributed by atoms with van der Waals surface area (Å²) in [6.07, 6.45) is 3.45. The average molecular weight is 344 g/mol. The normalized spacial score (nSPS) is 11.3. The number of amides is 1. The van der Waals surface area contributed by atoms with Gasteiger partial charge in [-0.15, -0.1) is 10.2 Å². The number of carbonyl (C=O) groups excluding carboxylic acids is 1. The van der Waals surface area contributed by atoms with Crippen LogP contribution in [-0.2, 0) is 4.79 Å². The highest BCUT2D eigenvalue weighted by molar-refractivity contribution is 8.00. The van der Waals surface area contributed by atoms with Gasteiger partial charge >= 0.3 is 0 Å². The second-order valence-electron chi connectivity index (χ2n) is 5.02. The molecule has 0 radical (unpaired) electrons. The molecule has 1 heterocycles. The van der Waals surface area contributed by atoms with Crippen LogP contribution in [0.3, 0.4) is 0 Å². The Bertz CT molecular complexity index is 757. The maximum atomic E-state index is 12.2. The van der Waals surface area contributed by atoms with E-state index < -0.39 is 5.91 Å². The number of nitriles is 1. The van der Waals surface area contributed by atoms with Gasteiger partial charge in [-0.25, -0.2) is 0 Å². The van der Waals surface area contributed by atoms with Gasteiger partial charge in [0.05, 0.1) is 0 Å². The minimum absolute atomic E-state index is 0.0307.